The number of hydrogen-bond donors (Lipinski definition) is 2. The minimum Gasteiger partial charge on any atom is -0.481 e. The lowest BCUT2D eigenvalue weighted by Crippen LogP contribution is -2.26. The van der Waals surface area contributed by atoms with E-state index in [9.17, 15) is 27.2 Å². The number of carboxylic acids is 1. The summed E-state index contributed by atoms with van der Waals surface area (Å²) in [5, 5.41) is 12.0. The van der Waals surface area contributed by atoms with Gasteiger partial charge in [0.05, 0.1) is 16.6 Å². The molecule has 0 aliphatic heterocycles. The first-order valence-corrected chi connectivity index (χ1v) is 11.0. The number of aromatic nitrogens is 1. The molecular weight excluding hydrogens is 464 g/mol. The molecule has 0 aliphatic carbocycles. The lowest BCUT2D eigenvalue weighted by Gasteiger charge is -2.20. The molecule has 3 aromatic rings. The molecule has 2 N–H and O–H groups in total. The Morgan fingerprint density at radius 1 is 1.06 bits per heavy atom. The fourth-order valence-corrected chi connectivity index (χ4v) is 3.96. The largest absolute Gasteiger partial charge is 0.481 e. The molecule has 0 aliphatic rings. The van der Waals surface area contributed by atoms with E-state index < -0.39 is 29.4 Å². The number of aliphatic carboxylic acids is 1. The van der Waals surface area contributed by atoms with Crippen LogP contribution in [0.1, 0.15) is 48.2 Å². The Morgan fingerprint density at radius 3 is 2.29 bits per heavy atom. The highest BCUT2D eigenvalue weighted by Gasteiger charge is 2.30. The van der Waals surface area contributed by atoms with Crippen molar-refractivity contribution in [1.82, 2.24) is 9.88 Å². The molecule has 0 radical (unpaired) electrons. The van der Waals surface area contributed by atoms with Crippen molar-refractivity contribution in [2.75, 3.05) is 0 Å². The molecule has 0 saturated carbocycles. The normalized spacial score (nSPS) is 12.7. The van der Waals surface area contributed by atoms with Crippen LogP contribution < -0.4 is 5.32 Å². The summed E-state index contributed by atoms with van der Waals surface area (Å²) in [5.74, 6) is -2.19. The summed E-state index contributed by atoms with van der Waals surface area (Å²) in [7, 11) is 0. The summed E-state index contributed by atoms with van der Waals surface area (Å²) in [4.78, 5) is 24.2. The molecule has 1 amide bonds. The van der Waals surface area contributed by atoms with Gasteiger partial charge >= 0.3 is 12.1 Å². The van der Waals surface area contributed by atoms with Gasteiger partial charge in [0.15, 0.2) is 0 Å². The van der Waals surface area contributed by atoms with Crippen molar-refractivity contribution in [3.8, 4) is 0 Å². The summed E-state index contributed by atoms with van der Waals surface area (Å²) in [6, 6.07) is 8.63. The molecule has 5 nitrogen and oxygen atoms in total. The molecule has 0 spiro atoms. The summed E-state index contributed by atoms with van der Waals surface area (Å²) >= 11 is 0. The van der Waals surface area contributed by atoms with Gasteiger partial charge in [0.25, 0.3) is 5.91 Å². The first-order valence-electron chi connectivity index (χ1n) is 11.0. The molecule has 0 bridgehead atoms. The van der Waals surface area contributed by atoms with Gasteiger partial charge in [0.2, 0.25) is 0 Å². The fraction of sp³-hybridized carbons (Fsp3) is 0.308. The number of carbonyl (C=O) groups excluding carboxylic acids is 1. The number of nitrogens with one attached hydrogen (secondary N) is 1. The number of amides is 1. The van der Waals surface area contributed by atoms with Gasteiger partial charge < -0.3 is 15.0 Å². The standard InChI is InChI=1S/C26H26F4N2O3/c1-15(2)18(13-23(33)34)12-16(3)31-25(35)21-8-9-22(27)20-10-11-32(24(20)21)14-17-4-6-19(7-5-17)26(28,29)30/h4-11,15,18H,3,12-14H2,1-2H3,(H,31,35)(H,33,34)/t18-/m1/s1. The summed E-state index contributed by atoms with van der Waals surface area (Å²) < 4.78 is 54.6. The third-order valence-electron chi connectivity index (χ3n) is 5.93. The van der Waals surface area contributed by atoms with E-state index in [2.05, 4.69) is 11.9 Å². The smallest absolute Gasteiger partial charge is 0.416 e. The van der Waals surface area contributed by atoms with Gasteiger partial charge in [0.1, 0.15) is 5.82 Å². The minimum absolute atomic E-state index is 0.0539. The van der Waals surface area contributed by atoms with Gasteiger partial charge in [-0.05, 0) is 54.2 Å². The molecule has 0 saturated heterocycles. The fourth-order valence-electron chi connectivity index (χ4n) is 3.96. The van der Waals surface area contributed by atoms with Gasteiger partial charge in [-0.2, -0.15) is 13.2 Å². The van der Waals surface area contributed by atoms with Crippen molar-refractivity contribution in [2.45, 2.75) is 39.4 Å². The quantitative estimate of drug-likeness (QED) is 0.350. The number of alkyl halides is 3. The van der Waals surface area contributed by atoms with Crippen LogP contribution in [0.4, 0.5) is 17.6 Å². The number of hydrogen-bond acceptors (Lipinski definition) is 2. The lowest BCUT2D eigenvalue weighted by molar-refractivity contribution is -0.139. The Kier molecular flexibility index (Phi) is 7.67. The van der Waals surface area contributed by atoms with Crippen molar-refractivity contribution in [3.63, 3.8) is 0 Å². The Hall–Kier alpha value is -3.62. The zero-order valence-corrected chi connectivity index (χ0v) is 19.3. The summed E-state index contributed by atoms with van der Waals surface area (Å²) in [6.07, 6.45) is -2.68. The number of rotatable bonds is 9. The molecule has 1 atom stereocenters. The number of carboxylic acid groups (broad SMARTS) is 1. The molecular formula is C26H26F4N2O3. The highest BCUT2D eigenvalue weighted by Crippen LogP contribution is 2.30. The van der Waals surface area contributed by atoms with Crippen LogP contribution in [0.2, 0.25) is 0 Å². The van der Waals surface area contributed by atoms with Crippen LogP contribution in [0.15, 0.2) is 60.9 Å². The van der Waals surface area contributed by atoms with E-state index in [1.54, 1.807) is 10.8 Å². The Morgan fingerprint density at radius 2 is 1.71 bits per heavy atom. The first kappa shape index (κ1) is 26.0. The predicted molar refractivity (Wildman–Crippen MR) is 124 cm³/mol. The maximum absolute atomic E-state index is 14.5. The van der Waals surface area contributed by atoms with E-state index in [-0.39, 0.29) is 42.2 Å². The van der Waals surface area contributed by atoms with Crippen molar-refractivity contribution in [1.29, 1.82) is 0 Å². The average Bonchev–Trinajstić information content (AvgIpc) is 3.17. The molecule has 2 aromatic carbocycles. The molecule has 0 unspecified atom stereocenters. The number of benzene rings is 2. The number of allylic oxidation sites excluding steroid dienone is 1. The van der Waals surface area contributed by atoms with Crippen molar-refractivity contribution < 1.29 is 32.3 Å². The second-order valence-corrected chi connectivity index (χ2v) is 8.86. The van der Waals surface area contributed by atoms with Gasteiger partial charge in [-0.25, -0.2) is 4.39 Å². The molecule has 1 aromatic heterocycles. The van der Waals surface area contributed by atoms with Crippen LogP contribution in [-0.2, 0) is 17.5 Å². The zero-order valence-electron chi connectivity index (χ0n) is 19.3. The third kappa shape index (κ3) is 6.29. The van der Waals surface area contributed by atoms with Crippen molar-refractivity contribution in [3.05, 3.63) is 83.4 Å². The Labute approximate surface area is 200 Å². The predicted octanol–water partition coefficient (Wildman–Crippen LogP) is 6.23. The van der Waals surface area contributed by atoms with E-state index in [0.717, 1.165) is 12.1 Å². The summed E-state index contributed by atoms with van der Waals surface area (Å²) in [6.45, 7) is 7.76. The first-order chi connectivity index (χ1) is 16.4. The zero-order chi connectivity index (χ0) is 25.9. The van der Waals surface area contributed by atoms with E-state index in [4.69, 9.17) is 5.11 Å². The van der Waals surface area contributed by atoms with E-state index in [0.29, 0.717) is 16.8 Å². The SMILES string of the molecule is C=C(C[C@H](CC(=O)O)C(C)C)NC(=O)c1ccc(F)c2ccn(Cc3ccc(C(F)(F)F)cc3)c12. The molecule has 3 rings (SSSR count). The maximum atomic E-state index is 14.5. The maximum Gasteiger partial charge on any atom is 0.416 e. The van der Waals surface area contributed by atoms with Gasteiger partial charge in [-0.1, -0.05) is 32.6 Å². The molecule has 0 fully saturated rings. The molecule has 9 heteroatoms. The van der Waals surface area contributed by atoms with Crippen LogP contribution in [0.5, 0.6) is 0 Å². The van der Waals surface area contributed by atoms with Gasteiger partial charge in [-0.15, -0.1) is 0 Å². The second kappa shape index (κ2) is 10.3. The third-order valence-corrected chi connectivity index (χ3v) is 5.93. The number of fused-ring (bicyclic) bond motifs is 1. The highest BCUT2D eigenvalue weighted by atomic mass is 19.4. The molecule has 186 valence electrons. The molecule has 1 heterocycles. The Bertz CT molecular complexity index is 1240. The van der Waals surface area contributed by atoms with Crippen LogP contribution in [0, 0.1) is 17.7 Å². The topological polar surface area (TPSA) is 71.3 Å². The van der Waals surface area contributed by atoms with Crippen LogP contribution in [-0.4, -0.2) is 21.6 Å². The van der Waals surface area contributed by atoms with E-state index >= 15 is 0 Å². The van der Waals surface area contributed by atoms with Crippen LogP contribution >= 0.6 is 0 Å². The molecule has 35 heavy (non-hydrogen) atoms. The van der Waals surface area contributed by atoms with Gasteiger partial charge in [0, 0.05) is 30.2 Å². The lowest BCUT2D eigenvalue weighted by atomic mass is 9.88. The number of carbonyl (C=O) groups is 2. The van der Waals surface area contributed by atoms with Gasteiger partial charge in [-0.3, -0.25) is 9.59 Å². The second-order valence-electron chi connectivity index (χ2n) is 8.86. The monoisotopic (exact) mass is 490 g/mol. The van der Waals surface area contributed by atoms with Crippen LogP contribution in [0.3, 0.4) is 0 Å². The van der Waals surface area contributed by atoms with Crippen molar-refractivity contribution >= 4 is 22.8 Å². The van der Waals surface area contributed by atoms with Crippen molar-refractivity contribution in [2.24, 2.45) is 11.8 Å². The van der Waals surface area contributed by atoms with E-state index in [1.165, 1.54) is 30.3 Å². The minimum atomic E-state index is -4.45. The average molecular weight is 490 g/mol. The Balaban J connectivity index is 1.86. The number of nitrogens with zero attached hydrogens (tertiary/aromatic N) is 1. The highest BCUT2D eigenvalue weighted by molar-refractivity contribution is 6.06. The summed E-state index contributed by atoms with van der Waals surface area (Å²) in [5.41, 5.74) is 0.572. The van der Waals surface area contributed by atoms with E-state index in [1.807, 2.05) is 13.8 Å². The van der Waals surface area contributed by atoms with Crippen LogP contribution in [0.25, 0.3) is 10.9 Å². The number of halogens is 4.